The molecule has 4 rings (SSSR count). The van der Waals surface area contributed by atoms with E-state index in [1.165, 1.54) is 11.1 Å². The Bertz CT molecular complexity index is 785. The van der Waals surface area contributed by atoms with Gasteiger partial charge in [0, 0.05) is 23.8 Å². The Morgan fingerprint density at radius 3 is 2.90 bits per heavy atom. The highest BCUT2D eigenvalue weighted by Gasteiger charge is 2.32. The van der Waals surface area contributed by atoms with Gasteiger partial charge in [-0.15, -0.1) is 0 Å². The lowest BCUT2D eigenvalue weighted by atomic mass is 9.77. The Morgan fingerprint density at radius 1 is 1.19 bits per heavy atom. The van der Waals surface area contributed by atoms with E-state index in [-0.39, 0.29) is 5.92 Å². The smallest absolute Gasteiger partial charge is 0.234 e. The maximum atomic E-state index is 6.04. The molecule has 1 aliphatic carbocycles. The molecule has 1 aliphatic rings. The fourth-order valence-corrected chi connectivity index (χ4v) is 2.84. The molecule has 4 nitrogen and oxygen atoms in total. The zero-order chi connectivity index (χ0) is 14.2. The lowest BCUT2D eigenvalue weighted by Gasteiger charge is -2.27. The highest BCUT2D eigenvalue weighted by atomic mass is 35.5. The molecule has 1 atom stereocenters. The number of aromatic nitrogens is 3. The van der Waals surface area contributed by atoms with Crippen molar-refractivity contribution in [2.24, 2.45) is 0 Å². The largest absolute Gasteiger partial charge is 0.339 e. The topological polar surface area (TPSA) is 51.8 Å². The second-order valence-electron chi connectivity index (χ2n) is 5.18. The van der Waals surface area contributed by atoms with E-state index in [2.05, 4.69) is 21.2 Å². The molecule has 3 aromatic rings. The van der Waals surface area contributed by atoms with Gasteiger partial charge in [0.25, 0.3) is 0 Å². The summed E-state index contributed by atoms with van der Waals surface area (Å²) >= 11 is 6.04. The van der Waals surface area contributed by atoms with Crippen LogP contribution >= 0.6 is 11.6 Å². The first-order valence-electron chi connectivity index (χ1n) is 6.79. The molecule has 104 valence electrons. The lowest BCUT2D eigenvalue weighted by Crippen LogP contribution is -2.18. The van der Waals surface area contributed by atoms with Gasteiger partial charge < -0.3 is 4.52 Å². The van der Waals surface area contributed by atoms with Crippen molar-refractivity contribution in [1.82, 2.24) is 15.1 Å². The van der Waals surface area contributed by atoms with E-state index in [4.69, 9.17) is 16.1 Å². The number of rotatable bonds is 3. The summed E-state index contributed by atoms with van der Waals surface area (Å²) in [6.45, 7) is 0. The van der Waals surface area contributed by atoms with E-state index in [1.807, 2.05) is 24.3 Å². The molecule has 1 aromatic carbocycles. The van der Waals surface area contributed by atoms with Gasteiger partial charge in [-0.2, -0.15) is 4.98 Å². The van der Waals surface area contributed by atoms with Crippen LogP contribution in [0.3, 0.4) is 0 Å². The fourth-order valence-electron chi connectivity index (χ4n) is 2.66. The van der Waals surface area contributed by atoms with Crippen LogP contribution in [-0.2, 0) is 12.8 Å². The Labute approximate surface area is 126 Å². The molecule has 2 heterocycles. The van der Waals surface area contributed by atoms with Crippen LogP contribution in [0.4, 0.5) is 0 Å². The third kappa shape index (κ3) is 2.32. The van der Waals surface area contributed by atoms with Crippen LogP contribution < -0.4 is 0 Å². The number of fused-ring (bicyclic) bond motifs is 1. The van der Waals surface area contributed by atoms with E-state index in [0.29, 0.717) is 18.1 Å². The summed E-state index contributed by atoms with van der Waals surface area (Å²) in [5, 5.41) is 4.82. The van der Waals surface area contributed by atoms with Crippen molar-refractivity contribution in [1.29, 1.82) is 0 Å². The maximum absolute atomic E-state index is 6.04. The molecule has 0 aliphatic heterocycles. The molecule has 0 spiro atoms. The monoisotopic (exact) mass is 297 g/mol. The van der Waals surface area contributed by atoms with Gasteiger partial charge in [-0.05, 0) is 47.4 Å². The van der Waals surface area contributed by atoms with Crippen LogP contribution in [-0.4, -0.2) is 15.1 Å². The van der Waals surface area contributed by atoms with Crippen LogP contribution in [0.1, 0.15) is 34.3 Å². The zero-order valence-corrected chi connectivity index (χ0v) is 11.9. The Morgan fingerprint density at radius 2 is 2.05 bits per heavy atom. The molecule has 0 fully saturated rings. The van der Waals surface area contributed by atoms with Crippen molar-refractivity contribution in [3.05, 3.63) is 76.2 Å². The average molecular weight is 298 g/mol. The summed E-state index contributed by atoms with van der Waals surface area (Å²) in [5.74, 6) is 1.55. The van der Waals surface area contributed by atoms with Gasteiger partial charge in [-0.25, -0.2) is 0 Å². The van der Waals surface area contributed by atoms with Crippen molar-refractivity contribution < 1.29 is 4.52 Å². The third-order valence-electron chi connectivity index (χ3n) is 3.80. The molecule has 0 N–H and O–H groups in total. The van der Waals surface area contributed by atoms with Crippen LogP contribution in [0.15, 0.2) is 47.2 Å². The van der Waals surface area contributed by atoms with E-state index in [0.717, 1.165) is 17.0 Å². The molecule has 0 saturated carbocycles. The quantitative estimate of drug-likeness (QED) is 0.743. The molecule has 0 bridgehead atoms. The van der Waals surface area contributed by atoms with Crippen LogP contribution in [0.25, 0.3) is 0 Å². The van der Waals surface area contributed by atoms with Crippen molar-refractivity contribution in [3.8, 4) is 0 Å². The van der Waals surface area contributed by atoms with Crippen LogP contribution in [0.5, 0.6) is 0 Å². The first-order valence-corrected chi connectivity index (χ1v) is 7.17. The molecular weight excluding hydrogens is 286 g/mol. The standard InChI is InChI=1S/C16H12ClN3O/c17-12-2-1-11-8-14(13(11)9-12)16-19-15(20-21-16)7-10-3-5-18-6-4-10/h1-6,9,14H,7-8H2. The van der Waals surface area contributed by atoms with E-state index < -0.39 is 0 Å². The van der Waals surface area contributed by atoms with Gasteiger partial charge in [-0.1, -0.05) is 22.8 Å². The van der Waals surface area contributed by atoms with Crippen molar-refractivity contribution >= 4 is 11.6 Å². The molecule has 0 amide bonds. The van der Waals surface area contributed by atoms with Gasteiger partial charge in [-0.3, -0.25) is 4.98 Å². The molecule has 21 heavy (non-hydrogen) atoms. The SMILES string of the molecule is Clc1ccc2c(c1)C(c1nc(Cc3ccncc3)no1)C2. The molecule has 0 radical (unpaired) electrons. The predicted molar refractivity (Wildman–Crippen MR) is 78.3 cm³/mol. The summed E-state index contributed by atoms with van der Waals surface area (Å²) in [7, 11) is 0. The van der Waals surface area contributed by atoms with Crippen molar-refractivity contribution in [3.63, 3.8) is 0 Å². The van der Waals surface area contributed by atoms with Gasteiger partial charge in [0.05, 0.1) is 5.92 Å². The van der Waals surface area contributed by atoms with Gasteiger partial charge in [0.1, 0.15) is 0 Å². The van der Waals surface area contributed by atoms with E-state index >= 15 is 0 Å². The molecule has 5 heteroatoms. The second kappa shape index (κ2) is 4.97. The van der Waals surface area contributed by atoms with Gasteiger partial charge in [0.15, 0.2) is 5.82 Å². The normalized spacial score (nSPS) is 16.3. The Kier molecular flexibility index (Phi) is 2.97. The predicted octanol–water partition coefficient (Wildman–Crippen LogP) is 3.40. The Hall–Kier alpha value is -2.20. The summed E-state index contributed by atoms with van der Waals surface area (Å²) in [5.41, 5.74) is 3.62. The van der Waals surface area contributed by atoms with Gasteiger partial charge in [0.2, 0.25) is 5.89 Å². The fraction of sp³-hybridized carbons (Fsp3) is 0.188. The average Bonchev–Trinajstić information content (AvgIpc) is 2.92. The summed E-state index contributed by atoms with van der Waals surface area (Å²) < 4.78 is 5.42. The highest BCUT2D eigenvalue weighted by molar-refractivity contribution is 6.30. The number of halogens is 1. The van der Waals surface area contributed by atoms with E-state index in [9.17, 15) is 0 Å². The second-order valence-corrected chi connectivity index (χ2v) is 5.62. The van der Waals surface area contributed by atoms with Crippen molar-refractivity contribution in [2.75, 3.05) is 0 Å². The molecule has 1 unspecified atom stereocenters. The number of pyridine rings is 1. The lowest BCUT2D eigenvalue weighted by molar-refractivity contribution is 0.352. The number of nitrogens with zero attached hydrogens (tertiary/aromatic N) is 3. The minimum atomic E-state index is 0.178. The number of hydrogen-bond donors (Lipinski definition) is 0. The first kappa shape index (κ1) is 12.5. The molecule has 2 aromatic heterocycles. The maximum Gasteiger partial charge on any atom is 0.234 e. The van der Waals surface area contributed by atoms with E-state index in [1.54, 1.807) is 12.4 Å². The number of hydrogen-bond acceptors (Lipinski definition) is 4. The minimum Gasteiger partial charge on any atom is -0.339 e. The molecule has 0 saturated heterocycles. The van der Waals surface area contributed by atoms with Crippen LogP contribution in [0.2, 0.25) is 5.02 Å². The zero-order valence-electron chi connectivity index (χ0n) is 11.2. The third-order valence-corrected chi connectivity index (χ3v) is 4.04. The summed E-state index contributed by atoms with van der Waals surface area (Å²) in [6, 6.07) is 9.86. The summed E-state index contributed by atoms with van der Waals surface area (Å²) in [4.78, 5) is 8.51. The first-order chi connectivity index (χ1) is 10.3. The highest BCUT2D eigenvalue weighted by Crippen LogP contribution is 2.40. The van der Waals surface area contributed by atoms with Crippen molar-refractivity contribution in [2.45, 2.75) is 18.8 Å². The number of benzene rings is 1. The molecular formula is C16H12ClN3O. The van der Waals surface area contributed by atoms with Crippen LogP contribution in [0, 0.1) is 0 Å². The summed E-state index contributed by atoms with van der Waals surface area (Å²) in [6.07, 6.45) is 5.12. The Balaban J connectivity index is 1.56. The minimum absolute atomic E-state index is 0.178. The van der Waals surface area contributed by atoms with Gasteiger partial charge >= 0.3 is 0 Å².